The molecule has 0 spiro atoms. The lowest BCUT2D eigenvalue weighted by Crippen LogP contribution is -2.01. The molecule has 0 amide bonds. The van der Waals surface area contributed by atoms with E-state index in [0.29, 0.717) is 5.69 Å². The molecule has 4 nitrogen and oxygen atoms in total. The molecule has 2 aromatic heterocycles. The summed E-state index contributed by atoms with van der Waals surface area (Å²) >= 11 is 0. The van der Waals surface area contributed by atoms with E-state index in [9.17, 15) is 0 Å². The maximum atomic E-state index is 5.64. The molecule has 0 aliphatic carbocycles. The summed E-state index contributed by atoms with van der Waals surface area (Å²) in [5.74, 6) is 0.757. The number of nitrogens with zero attached hydrogens (tertiary/aromatic N) is 3. The van der Waals surface area contributed by atoms with E-state index in [4.69, 9.17) is 5.73 Å². The van der Waals surface area contributed by atoms with Crippen LogP contribution in [0, 0.1) is 0 Å². The molecule has 1 aromatic carbocycles. The molecule has 2 N–H and O–H groups in total. The largest absolute Gasteiger partial charge is 0.397 e. The van der Waals surface area contributed by atoms with Gasteiger partial charge in [-0.25, -0.2) is 9.67 Å². The normalized spacial score (nSPS) is 10.4. The average molecular weight is 236 g/mol. The molecular formula is C14H12N4. The first-order valence-electron chi connectivity index (χ1n) is 5.66. The second-order valence-electron chi connectivity index (χ2n) is 3.94. The third-order valence-corrected chi connectivity index (χ3v) is 2.70. The maximum Gasteiger partial charge on any atom is 0.154 e. The Morgan fingerprint density at radius 2 is 1.78 bits per heavy atom. The van der Waals surface area contributed by atoms with Crippen LogP contribution >= 0.6 is 0 Å². The lowest BCUT2D eigenvalue weighted by molar-refractivity contribution is 0.854. The molecule has 0 atom stereocenters. The molecule has 0 radical (unpaired) electrons. The molecule has 0 bridgehead atoms. The van der Waals surface area contributed by atoms with Crippen LogP contribution in [0.1, 0.15) is 0 Å². The quantitative estimate of drug-likeness (QED) is 0.743. The second kappa shape index (κ2) is 4.33. The summed E-state index contributed by atoms with van der Waals surface area (Å²) in [7, 11) is 0. The van der Waals surface area contributed by atoms with Gasteiger partial charge in [0.25, 0.3) is 0 Å². The molecule has 0 unspecified atom stereocenters. The fraction of sp³-hybridized carbons (Fsp3) is 0. The van der Waals surface area contributed by atoms with E-state index in [1.165, 1.54) is 0 Å². The van der Waals surface area contributed by atoms with Crippen LogP contribution in [0.25, 0.3) is 17.1 Å². The molecule has 18 heavy (non-hydrogen) atoms. The monoisotopic (exact) mass is 236 g/mol. The summed E-state index contributed by atoms with van der Waals surface area (Å²) in [5.41, 5.74) is 8.40. The van der Waals surface area contributed by atoms with Crippen LogP contribution in [-0.4, -0.2) is 14.8 Å². The van der Waals surface area contributed by atoms with E-state index < -0.39 is 0 Å². The third-order valence-electron chi connectivity index (χ3n) is 2.70. The van der Waals surface area contributed by atoms with Gasteiger partial charge in [-0.1, -0.05) is 30.3 Å². The summed E-state index contributed by atoms with van der Waals surface area (Å²) in [4.78, 5) is 4.28. The van der Waals surface area contributed by atoms with Crippen molar-refractivity contribution in [2.45, 2.75) is 0 Å². The predicted octanol–water partition coefficient (Wildman–Crippen LogP) is 2.52. The van der Waals surface area contributed by atoms with Gasteiger partial charge in [0, 0.05) is 5.56 Å². The first kappa shape index (κ1) is 10.5. The van der Waals surface area contributed by atoms with E-state index in [-0.39, 0.29) is 0 Å². The van der Waals surface area contributed by atoms with Crippen LogP contribution in [-0.2, 0) is 0 Å². The zero-order chi connectivity index (χ0) is 12.4. The molecule has 2 heterocycles. The number of hydrogen-bond donors (Lipinski definition) is 1. The van der Waals surface area contributed by atoms with Crippen molar-refractivity contribution in [3.8, 4) is 17.1 Å². The Labute approximate surface area is 105 Å². The van der Waals surface area contributed by atoms with Crippen LogP contribution in [0.2, 0.25) is 0 Å². The Hall–Kier alpha value is -2.62. The molecule has 0 aliphatic heterocycles. The first-order chi connectivity index (χ1) is 8.84. The van der Waals surface area contributed by atoms with Crippen LogP contribution in [0.4, 0.5) is 5.69 Å². The fourth-order valence-corrected chi connectivity index (χ4v) is 1.84. The summed E-state index contributed by atoms with van der Waals surface area (Å²) in [6.07, 6.45) is 3.39. The summed E-state index contributed by atoms with van der Waals surface area (Å²) in [6, 6.07) is 15.7. The fourth-order valence-electron chi connectivity index (χ4n) is 1.84. The zero-order valence-electron chi connectivity index (χ0n) is 9.69. The first-order valence-corrected chi connectivity index (χ1v) is 5.66. The van der Waals surface area contributed by atoms with Crippen molar-refractivity contribution < 1.29 is 0 Å². The van der Waals surface area contributed by atoms with Gasteiger partial charge in [-0.3, -0.25) is 0 Å². The van der Waals surface area contributed by atoms with Gasteiger partial charge in [-0.15, -0.1) is 0 Å². The molecule has 88 valence electrons. The van der Waals surface area contributed by atoms with Gasteiger partial charge < -0.3 is 5.73 Å². The van der Waals surface area contributed by atoms with Crippen molar-refractivity contribution >= 4 is 5.69 Å². The average Bonchev–Trinajstić information content (AvgIpc) is 2.90. The smallest absolute Gasteiger partial charge is 0.154 e. The minimum atomic E-state index is 0.646. The highest BCUT2D eigenvalue weighted by atomic mass is 15.3. The molecular weight excluding hydrogens is 224 g/mol. The summed E-state index contributed by atoms with van der Waals surface area (Å²) < 4.78 is 1.80. The van der Waals surface area contributed by atoms with E-state index >= 15 is 0 Å². The number of anilines is 1. The van der Waals surface area contributed by atoms with Crippen LogP contribution in [0.3, 0.4) is 0 Å². The highest BCUT2D eigenvalue weighted by molar-refractivity contribution is 5.61. The lowest BCUT2D eigenvalue weighted by Gasteiger charge is -2.06. The lowest BCUT2D eigenvalue weighted by atomic mass is 10.1. The molecule has 0 saturated carbocycles. The molecule has 3 rings (SSSR count). The van der Waals surface area contributed by atoms with Gasteiger partial charge in [0.05, 0.1) is 23.8 Å². The van der Waals surface area contributed by atoms with E-state index in [0.717, 1.165) is 17.1 Å². The number of pyridine rings is 1. The zero-order valence-corrected chi connectivity index (χ0v) is 9.69. The van der Waals surface area contributed by atoms with Crippen molar-refractivity contribution in [2.24, 2.45) is 0 Å². The van der Waals surface area contributed by atoms with Gasteiger partial charge >= 0.3 is 0 Å². The Balaban J connectivity index is 2.10. The van der Waals surface area contributed by atoms with E-state index in [1.54, 1.807) is 17.1 Å². The van der Waals surface area contributed by atoms with E-state index in [1.807, 2.05) is 48.5 Å². The SMILES string of the molecule is Nc1ccc(-n2nccc2-c2ccccc2)nc1. The molecule has 4 heteroatoms. The Kier molecular flexibility index (Phi) is 2.53. The minimum absolute atomic E-state index is 0.646. The van der Waals surface area contributed by atoms with Gasteiger partial charge in [-0.05, 0) is 18.2 Å². The van der Waals surface area contributed by atoms with Crippen molar-refractivity contribution in [3.63, 3.8) is 0 Å². The second-order valence-corrected chi connectivity index (χ2v) is 3.94. The van der Waals surface area contributed by atoms with Crippen molar-refractivity contribution in [2.75, 3.05) is 5.73 Å². The highest BCUT2D eigenvalue weighted by Gasteiger charge is 2.07. The third kappa shape index (κ3) is 1.84. The Morgan fingerprint density at radius 3 is 2.50 bits per heavy atom. The standard InChI is InChI=1S/C14H12N4/c15-12-6-7-14(16-10-12)18-13(8-9-17-18)11-4-2-1-3-5-11/h1-10H,15H2. The van der Waals surface area contributed by atoms with Gasteiger partial charge in [0.2, 0.25) is 0 Å². The summed E-state index contributed by atoms with van der Waals surface area (Å²) in [5, 5.41) is 4.31. The van der Waals surface area contributed by atoms with Gasteiger partial charge in [0.1, 0.15) is 0 Å². The number of aromatic nitrogens is 3. The number of rotatable bonds is 2. The molecule has 3 aromatic rings. The van der Waals surface area contributed by atoms with Crippen molar-refractivity contribution in [3.05, 3.63) is 60.9 Å². The molecule has 0 saturated heterocycles. The Bertz CT molecular complexity index is 641. The Morgan fingerprint density at radius 1 is 0.944 bits per heavy atom. The summed E-state index contributed by atoms with van der Waals surface area (Å²) in [6.45, 7) is 0. The topological polar surface area (TPSA) is 56.7 Å². The van der Waals surface area contributed by atoms with E-state index in [2.05, 4.69) is 10.1 Å². The maximum absolute atomic E-state index is 5.64. The predicted molar refractivity (Wildman–Crippen MR) is 71.2 cm³/mol. The number of benzene rings is 1. The van der Waals surface area contributed by atoms with Crippen LogP contribution in [0.5, 0.6) is 0 Å². The van der Waals surface area contributed by atoms with Gasteiger partial charge in [0.15, 0.2) is 5.82 Å². The van der Waals surface area contributed by atoms with Gasteiger partial charge in [-0.2, -0.15) is 5.10 Å². The van der Waals surface area contributed by atoms with Crippen LogP contribution < -0.4 is 5.73 Å². The molecule has 0 aliphatic rings. The van der Waals surface area contributed by atoms with Crippen molar-refractivity contribution in [1.82, 2.24) is 14.8 Å². The minimum Gasteiger partial charge on any atom is -0.397 e. The highest BCUT2D eigenvalue weighted by Crippen LogP contribution is 2.21. The molecule has 0 fully saturated rings. The number of nitrogens with two attached hydrogens (primary N) is 1. The van der Waals surface area contributed by atoms with Crippen LogP contribution in [0.15, 0.2) is 60.9 Å². The number of hydrogen-bond acceptors (Lipinski definition) is 3. The number of nitrogen functional groups attached to an aromatic ring is 1. The van der Waals surface area contributed by atoms with Crippen molar-refractivity contribution in [1.29, 1.82) is 0 Å².